The summed E-state index contributed by atoms with van der Waals surface area (Å²) >= 11 is 5.83. The normalized spacial score (nSPS) is 16.7. The number of sulfonamides is 1. The van der Waals surface area contributed by atoms with Crippen molar-refractivity contribution in [2.45, 2.75) is 43.0 Å². The lowest BCUT2D eigenvalue weighted by Crippen LogP contribution is -2.36. The minimum atomic E-state index is -4.25. The standard InChI is InChI=1S/C13H16ClFN2O3S/c14-10-7-11(15)12(21(16,19)20)6-9(10)13(18)17-8-4-2-1-3-5-8/h6-8H,1-5H2,(H,17,18)(H2,16,19,20). The van der Waals surface area contributed by atoms with Crippen LogP contribution in [0.3, 0.4) is 0 Å². The summed E-state index contributed by atoms with van der Waals surface area (Å²) in [6.07, 6.45) is 4.94. The van der Waals surface area contributed by atoms with Crippen LogP contribution in [0.15, 0.2) is 17.0 Å². The van der Waals surface area contributed by atoms with Crippen LogP contribution in [0.25, 0.3) is 0 Å². The van der Waals surface area contributed by atoms with E-state index >= 15 is 0 Å². The molecule has 0 heterocycles. The summed E-state index contributed by atoms with van der Waals surface area (Å²) in [5, 5.41) is 7.57. The van der Waals surface area contributed by atoms with Gasteiger partial charge in [0.25, 0.3) is 5.91 Å². The molecule has 0 atom stereocenters. The Labute approximate surface area is 127 Å². The minimum Gasteiger partial charge on any atom is -0.349 e. The molecule has 1 aromatic rings. The number of hydrogen-bond acceptors (Lipinski definition) is 3. The van der Waals surface area contributed by atoms with Crippen LogP contribution in [0.2, 0.25) is 5.02 Å². The number of hydrogen-bond donors (Lipinski definition) is 2. The molecule has 0 aromatic heterocycles. The second-order valence-corrected chi connectivity index (χ2v) is 7.05. The monoisotopic (exact) mass is 334 g/mol. The fourth-order valence-corrected chi connectivity index (χ4v) is 3.28. The van der Waals surface area contributed by atoms with Crippen molar-refractivity contribution in [3.8, 4) is 0 Å². The molecule has 21 heavy (non-hydrogen) atoms. The average Bonchev–Trinajstić information content (AvgIpc) is 2.38. The predicted molar refractivity (Wildman–Crippen MR) is 77.1 cm³/mol. The zero-order valence-corrected chi connectivity index (χ0v) is 12.8. The van der Waals surface area contributed by atoms with Gasteiger partial charge in [-0.2, -0.15) is 0 Å². The van der Waals surface area contributed by atoms with Gasteiger partial charge in [-0.25, -0.2) is 17.9 Å². The highest BCUT2D eigenvalue weighted by molar-refractivity contribution is 7.89. The number of amides is 1. The smallest absolute Gasteiger partial charge is 0.253 e. The molecule has 0 radical (unpaired) electrons. The van der Waals surface area contributed by atoms with Crippen LogP contribution in [0.4, 0.5) is 4.39 Å². The minimum absolute atomic E-state index is 0.0327. The van der Waals surface area contributed by atoms with Crippen molar-refractivity contribution in [3.63, 3.8) is 0 Å². The lowest BCUT2D eigenvalue weighted by Gasteiger charge is -2.23. The molecule has 0 unspecified atom stereocenters. The van der Waals surface area contributed by atoms with Crippen LogP contribution in [0.1, 0.15) is 42.5 Å². The summed E-state index contributed by atoms with van der Waals surface area (Å²) in [6.45, 7) is 0. The fourth-order valence-electron chi connectivity index (χ4n) is 2.43. The van der Waals surface area contributed by atoms with E-state index in [1.165, 1.54) is 0 Å². The largest absolute Gasteiger partial charge is 0.349 e. The maximum absolute atomic E-state index is 13.6. The molecule has 1 aromatic carbocycles. The third-order valence-electron chi connectivity index (χ3n) is 3.51. The molecule has 2 rings (SSSR count). The first-order valence-electron chi connectivity index (χ1n) is 6.62. The Balaban J connectivity index is 2.28. The first-order valence-corrected chi connectivity index (χ1v) is 8.54. The Morgan fingerprint density at radius 2 is 1.90 bits per heavy atom. The molecule has 8 heteroatoms. The van der Waals surface area contributed by atoms with Crippen molar-refractivity contribution in [2.24, 2.45) is 5.14 Å². The number of halogens is 2. The molecule has 5 nitrogen and oxygen atoms in total. The van der Waals surface area contributed by atoms with E-state index in [1.54, 1.807) is 0 Å². The highest BCUT2D eigenvalue weighted by Crippen LogP contribution is 2.24. The van der Waals surface area contributed by atoms with Crippen molar-refractivity contribution in [3.05, 3.63) is 28.5 Å². The van der Waals surface area contributed by atoms with E-state index in [-0.39, 0.29) is 16.6 Å². The summed E-state index contributed by atoms with van der Waals surface area (Å²) in [5.74, 6) is -1.59. The van der Waals surface area contributed by atoms with Gasteiger partial charge in [-0.15, -0.1) is 0 Å². The lowest BCUT2D eigenvalue weighted by molar-refractivity contribution is 0.0927. The Hall–Kier alpha value is -1.18. The molecule has 3 N–H and O–H groups in total. The van der Waals surface area contributed by atoms with Crippen molar-refractivity contribution in [1.29, 1.82) is 0 Å². The topological polar surface area (TPSA) is 89.3 Å². The summed E-state index contributed by atoms with van der Waals surface area (Å²) < 4.78 is 36.2. The Morgan fingerprint density at radius 3 is 2.48 bits per heavy atom. The van der Waals surface area contributed by atoms with E-state index in [4.69, 9.17) is 16.7 Å². The quantitative estimate of drug-likeness (QED) is 0.887. The van der Waals surface area contributed by atoms with E-state index in [0.717, 1.165) is 44.2 Å². The van der Waals surface area contributed by atoms with Crippen LogP contribution < -0.4 is 10.5 Å². The van der Waals surface area contributed by atoms with Crippen LogP contribution in [0, 0.1) is 5.82 Å². The molecular formula is C13H16ClFN2O3S. The average molecular weight is 335 g/mol. The number of primary sulfonamides is 1. The van der Waals surface area contributed by atoms with E-state index in [1.807, 2.05) is 0 Å². The van der Waals surface area contributed by atoms with Gasteiger partial charge in [-0.1, -0.05) is 30.9 Å². The predicted octanol–water partition coefficient (Wildman–Crippen LogP) is 2.19. The number of benzene rings is 1. The number of rotatable bonds is 3. The molecule has 0 saturated heterocycles. The second-order valence-electron chi connectivity index (χ2n) is 5.12. The van der Waals surface area contributed by atoms with Gasteiger partial charge in [0, 0.05) is 6.04 Å². The van der Waals surface area contributed by atoms with E-state index in [0.29, 0.717) is 0 Å². The van der Waals surface area contributed by atoms with Crippen molar-refractivity contribution in [2.75, 3.05) is 0 Å². The molecule has 1 amide bonds. The van der Waals surface area contributed by atoms with E-state index in [2.05, 4.69) is 5.32 Å². The number of carbonyl (C=O) groups excluding carboxylic acids is 1. The van der Waals surface area contributed by atoms with Crippen LogP contribution in [0.5, 0.6) is 0 Å². The summed E-state index contributed by atoms with van der Waals surface area (Å²) in [6, 6.07) is 1.70. The highest BCUT2D eigenvalue weighted by Gasteiger charge is 2.23. The zero-order chi connectivity index (χ0) is 15.6. The van der Waals surface area contributed by atoms with Crippen LogP contribution in [-0.4, -0.2) is 20.4 Å². The molecule has 116 valence electrons. The van der Waals surface area contributed by atoms with Crippen molar-refractivity contribution < 1.29 is 17.6 Å². The number of carbonyl (C=O) groups is 1. The Bertz CT molecular complexity index is 658. The molecule has 1 aliphatic rings. The zero-order valence-electron chi connectivity index (χ0n) is 11.2. The summed E-state index contributed by atoms with van der Waals surface area (Å²) in [7, 11) is -4.25. The molecule has 0 aliphatic heterocycles. The number of nitrogens with two attached hydrogens (primary N) is 1. The van der Waals surface area contributed by atoms with Gasteiger partial charge in [0.2, 0.25) is 10.0 Å². The van der Waals surface area contributed by atoms with Crippen LogP contribution >= 0.6 is 11.6 Å². The molecular weight excluding hydrogens is 319 g/mol. The SMILES string of the molecule is NS(=O)(=O)c1cc(C(=O)NC2CCCCC2)c(Cl)cc1F. The van der Waals surface area contributed by atoms with Gasteiger partial charge >= 0.3 is 0 Å². The van der Waals surface area contributed by atoms with E-state index < -0.39 is 26.6 Å². The van der Waals surface area contributed by atoms with Gasteiger partial charge in [-0.3, -0.25) is 4.79 Å². The van der Waals surface area contributed by atoms with Gasteiger partial charge < -0.3 is 5.32 Å². The maximum atomic E-state index is 13.6. The fraction of sp³-hybridized carbons (Fsp3) is 0.462. The highest BCUT2D eigenvalue weighted by atomic mass is 35.5. The van der Waals surface area contributed by atoms with Crippen molar-refractivity contribution in [1.82, 2.24) is 5.32 Å². The first-order chi connectivity index (χ1) is 9.79. The van der Waals surface area contributed by atoms with E-state index in [9.17, 15) is 17.6 Å². The Morgan fingerprint density at radius 1 is 1.29 bits per heavy atom. The third-order valence-corrected chi connectivity index (χ3v) is 4.75. The van der Waals surface area contributed by atoms with Gasteiger partial charge in [0.05, 0.1) is 10.6 Å². The summed E-state index contributed by atoms with van der Waals surface area (Å²) in [4.78, 5) is 11.4. The molecule has 1 fully saturated rings. The Kier molecular flexibility index (Phi) is 4.85. The molecule has 0 bridgehead atoms. The summed E-state index contributed by atoms with van der Waals surface area (Å²) in [5.41, 5.74) is -0.0901. The molecule has 1 aliphatic carbocycles. The van der Waals surface area contributed by atoms with Crippen molar-refractivity contribution >= 4 is 27.5 Å². The second kappa shape index (κ2) is 6.29. The van der Waals surface area contributed by atoms with Crippen LogP contribution in [-0.2, 0) is 10.0 Å². The first kappa shape index (κ1) is 16.2. The number of nitrogens with one attached hydrogen (secondary N) is 1. The van der Waals surface area contributed by atoms with Gasteiger partial charge in [-0.05, 0) is 25.0 Å². The molecule has 1 saturated carbocycles. The third kappa shape index (κ3) is 3.93. The lowest BCUT2D eigenvalue weighted by atomic mass is 9.95. The molecule has 0 spiro atoms. The van der Waals surface area contributed by atoms with Gasteiger partial charge in [0.15, 0.2) is 0 Å². The maximum Gasteiger partial charge on any atom is 0.253 e. The van der Waals surface area contributed by atoms with Gasteiger partial charge in [0.1, 0.15) is 10.7 Å².